The van der Waals surface area contributed by atoms with Gasteiger partial charge in [-0.15, -0.1) is 0 Å². The van der Waals surface area contributed by atoms with Crippen LogP contribution in [0.5, 0.6) is 0 Å². The Morgan fingerprint density at radius 2 is 1.74 bits per heavy atom. The third-order valence-electron chi connectivity index (χ3n) is 2.30. The van der Waals surface area contributed by atoms with Gasteiger partial charge in [-0.25, -0.2) is 12.8 Å². The maximum absolute atomic E-state index is 13.6. The molecule has 100 valence electrons. The van der Waals surface area contributed by atoms with Gasteiger partial charge >= 0.3 is 0 Å². The van der Waals surface area contributed by atoms with Gasteiger partial charge in [-0.1, -0.05) is 35.3 Å². The van der Waals surface area contributed by atoms with Crippen molar-refractivity contribution in [2.45, 2.75) is 4.90 Å². The van der Waals surface area contributed by atoms with Crippen LogP contribution in [0, 0.1) is 5.82 Å². The van der Waals surface area contributed by atoms with Gasteiger partial charge in [0.1, 0.15) is 10.7 Å². The zero-order chi connectivity index (χ0) is 14.0. The lowest BCUT2D eigenvalue weighted by Gasteiger charge is -2.10. The fourth-order valence-electron chi connectivity index (χ4n) is 1.43. The fraction of sp³-hybridized carbons (Fsp3) is 0. The van der Waals surface area contributed by atoms with Gasteiger partial charge in [0, 0.05) is 5.02 Å². The molecule has 0 radical (unpaired) electrons. The Hall–Kier alpha value is -1.30. The van der Waals surface area contributed by atoms with Gasteiger partial charge in [-0.3, -0.25) is 4.72 Å². The molecule has 3 nitrogen and oxygen atoms in total. The molecule has 0 heterocycles. The molecule has 0 saturated carbocycles. The molecular formula is C12H8Cl2FNO2S. The van der Waals surface area contributed by atoms with Gasteiger partial charge in [0.05, 0.1) is 10.7 Å². The van der Waals surface area contributed by atoms with Crippen LogP contribution in [0.1, 0.15) is 0 Å². The van der Waals surface area contributed by atoms with E-state index in [2.05, 4.69) is 4.72 Å². The summed E-state index contributed by atoms with van der Waals surface area (Å²) in [7, 11) is -3.94. The Bertz CT molecular complexity index is 719. The van der Waals surface area contributed by atoms with Crippen molar-refractivity contribution in [2.24, 2.45) is 0 Å². The molecule has 19 heavy (non-hydrogen) atoms. The molecule has 0 amide bonds. The Morgan fingerprint density at radius 1 is 1.05 bits per heavy atom. The largest absolute Gasteiger partial charge is 0.277 e. The minimum atomic E-state index is -3.94. The molecule has 2 aromatic rings. The van der Waals surface area contributed by atoms with Crippen LogP contribution in [-0.2, 0) is 10.0 Å². The van der Waals surface area contributed by atoms with Gasteiger partial charge in [0.15, 0.2) is 0 Å². The summed E-state index contributed by atoms with van der Waals surface area (Å²) < 4.78 is 39.8. The van der Waals surface area contributed by atoms with Crippen LogP contribution in [0.2, 0.25) is 10.0 Å². The SMILES string of the molecule is O=S(=O)(Nc1ccc(Cl)cc1F)c1ccccc1Cl. The summed E-state index contributed by atoms with van der Waals surface area (Å²) in [5, 5.41) is 0.238. The van der Waals surface area contributed by atoms with Gasteiger partial charge < -0.3 is 0 Å². The average molecular weight is 320 g/mol. The highest BCUT2D eigenvalue weighted by Gasteiger charge is 2.19. The van der Waals surface area contributed by atoms with E-state index in [1.807, 2.05) is 0 Å². The number of rotatable bonds is 3. The van der Waals surface area contributed by atoms with Crippen molar-refractivity contribution in [1.29, 1.82) is 0 Å². The highest BCUT2D eigenvalue weighted by Crippen LogP contribution is 2.25. The molecule has 0 aliphatic rings. The first-order valence-electron chi connectivity index (χ1n) is 5.12. The number of benzene rings is 2. The van der Waals surface area contributed by atoms with Gasteiger partial charge in [0.25, 0.3) is 10.0 Å². The summed E-state index contributed by atoms with van der Waals surface area (Å²) in [6.07, 6.45) is 0. The molecule has 7 heteroatoms. The number of anilines is 1. The molecule has 2 rings (SSSR count). The van der Waals surface area contributed by atoms with Crippen molar-refractivity contribution in [2.75, 3.05) is 4.72 Å². The number of halogens is 3. The van der Waals surface area contributed by atoms with E-state index in [-0.39, 0.29) is 20.6 Å². The van der Waals surface area contributed by atoms with Crippen LogP contribution in [-0.4, -0.2) is 8.42 Å². The molecule has 0 bridgehead atoms. The van der Waals surface area contributed by atoms with E-state index in [9.17, 15) is 12.8 Å². The molecule has 2 aromatic carbocycles. The second kappa shape index (κ2) is 5.36. The number of hydrogen-bond donors (Lipinski definition) is 1. The molecule has 0 fully saturated rings. The van der Waals surface area contributed by atoms with Crippen LogP contribution in [0.15, 0.2) is 47.4 Å². The van der Waals surface area contributed by atoms with Gasteiger partial charge in [0.2, 0.25) is 0 Å². The summed E-state index contributed by atoms with van der Waals surface area (Å²) in [4.78, 5) is -0.119. The summed E-state index contributed by atoms with van der Waals surface area (Å²) in [6.45, 7) is 0. The predicted molar refractivity (Wildman–Crippen MR) is 73.7 cm³/mol. The summed E-state index contributed by atoms with van der Waals surface area (Å²) >= 11 is 11.4. The first kappa shape index (κ1) is 14.1. The Kier molecular flexibility index (Phi) is 3.99. The molecule has 0 aromatic heterocycles. The molecule has 1 N–H and O–H groups in total. The van der Waals surface area contributed by atoms with Crippen molar-refractivity contribution < 1.29 is 12.8 Å². The van der Waals surface area contributed by atoms with Crippen molar-refractivity contribution >= 4 is 38.9 Å². The lowest BCUT2D eigenvalue weighted by Crippen LogP contribution is -2.14. The lowest BCUT2D eigenvalue weighted by atomic mass is 10.3. The Balaban J connectivity index is 2.40. The standard InChI is InChI=1S/C12H8Cl2FNO2S/c13-8-5-6-11(10(15)7-8)16-19(17,18)12-4-2-1-3-9(12)14/h1-7,16H. The monoisotopic (exact) mass is 319 g/mol. The second-order valence-corrected chi connectivity index (χ2v) is 6.15. The van der Waals surface area contributed by atoms with Crippen LogP contribution < -0.4 is 4.72 Å². The lowest BCUT2D eigenvalue weighted by molar-refractivity contribution is 0.598. The quantitative estimate of drug-likeness (QED) is 0.931. The number of sulfonamides is 1. The van der Waals surface area contributed by atoms with E-state index >= 15 is 0 Å². The molecule has 0 aliphatic heterocycles. The predicted octanol–water partition coefficient (Wildman–Crippen LogP) is 3.93. The zero-order valence-corrected chi connectivity index (χ0v) is 11.7. The minimum absolute atomic E-state index is 0.0596. The zero-order valence-electron chi connectivity index (χ0n) is 9.40. The summed E-state index contributed by atoms with van der Waals surface area (Å²) in [5.74, 6) is -0.761. The third-order valence-corrected chi connectivity index (χ3v) is 4.40. The molecule has 0 saturated heterocycles. The van der Waals surface area contributed by atoms with Crippen molar-refractivity contribution in [3.63, 3.8) is 0 Å². The van der Waals surface area contributed by atoms with E-state index in [1.165, 1.54) is 30.3 Å². The third kappa shape index (κ3) is 3.18. The highest BCUT2D eigenvalue weighted by atomic mass is 35.5. The van der Waals surface area contributed by atoms with E-state index in [0.29, 0.717) is 0 Å². The topological polar surface area (TPSA) is 46.2 Å². The summed E-state index contributed by atoms with van der Waals surface area (Å²) in [5.41, 5.74) is -0.190. The summed E-state index contributed by atoms with van der Waals surface area (Å²) in [6, 6.07) is 9.54. The normalized spacial score (nSPS) is 11.3. The van der Waals surface area contributed by atoms with Crippen LogP contribution in [0.4, 0.5) is 10.1 Å². The van der Waals surface area contributed by atoms with Gasteiger partial charge in [-0.2, -0.15) is 0 Å². The van der Waals surface area contributed by atoms with Crippen LogP contribution in [0.3, 0.4) is 0 Å². The molecule has 0 aliphatic carbocycles. The van der Waals surface area contributed by atoms with Crippen molar-refractivity contribution in [1.82, 2.24) is 0 Å². The number of hydrogen-bond acceptors (Lipinski definition) is 2. The molecule has 0 atom stereocenters. The first-order chi connectivity index (χ1) is 8.90. The van der Waals surface area contributed by atoms with Crippen LogP contribution >= 0.6 is 23.2 Å². The van der Waals surface area contributed by atoms with Crippen molar-refractivity contribution in [3.8, 4) is 0 Å². The molecular weight excluding hydrogens is 312 g/mol. The smallest absolute Gasteiger partial charge is 0.263 e. The van der Waals surface area contributed by atoms with E-state index in [1.54, 1.807) is 6.07 Å². The van der Waals surface area contributed by atoms with Crippen LogP contribution in [0.25, 0.3) is 0 Å². The Labute approximate surface area is 120 Å². The number of nitrogens with one attached hydrogen (secondary N) is 1. The maximum Gasteiger partial charge on any atom is 0.263 e. The Morgan fingerprint density at radius 3 is 2.37 bits per heavy atom. The van der Waals surface area contributed by atoms with E-state index in [0.717, 1.165) is 6.07 Å². The second-order valence-electron chi connectivity index (χ2n) is 3.66. The highest BCUT2D eigenvalue weighted by molar-refractivity contribution is 7.92. The first-order valence-corrected chi connectivity index (χ1v) is 7.36. The maximum atomic E-state index is 13.6. The fourth-order valence-corrected chi connectivity index (χ4v) is 3.18. The molecule has 0 spiro atoms. The average Bonchev–Trinajstić information content (AvgIpc) is 2.33. The van der Waals surface area contributed by atoms with Gasteiger partial charge in [-0.05, 0) is 30.3 Å². The van der Waals surface area contributed by atoms with Crippen molar-refractivity contribution in [3.05, 3.63) is 58.3 Å². The molecule has 0 unspecified atom stereocenters. The van der Waals surface area contributed by atoms with E-state index in [4.69, 9.17) is 23.2 Å². The van der Waals surface area contributed by atoms with E-state index < -0.39 is 15.8 Å². The minimum Gasteiger partial charge on any atom is -0.277 e.